The minimum absolute atomic E-state index is 0.0241. The topological polar surface area (TPSA) is 17.1 Å². The zero-order chi connectivity index (χ0) is 17.4. The first-order chi connectivity index (χ1) is 11.5. The van der Waals surface area contributed by atoms with Crippen LogP contribution in [0.2, 0.25) is 0 Å². The molecule has 0 saturated heterocycles. The van der Waals surface area contributed by atoms with Gasteiger partial charge in [0.25, 0.3) is 0 Å². The Balaban J connectivity index is 2.36. The lowest BCUT2D eigenvalue weighted by Gasteiger charge is -2.18. The van der Waals surface area contributed by atoms with Gasteiger partial charge in [-0.25, -0.2) is 0 Å². The summed E-state index contributed by atoms with van der Waals surface area (Å²) < 4.78 is 0. The third-order valence-corrected chi connectivity index (χ3v) is 5.25. The standard InChI is InChI=1S/C21H22OS2/c1-21(2,3)16-20(24-18-12-8-5-9-13-18)19(14-15-22)23-17-10-6-4-7-11-17/h4-16H,1-3H3. The van der Waals surface area contributed by atoms with E-state index in [1.54, 1.807) is 29.6 Å². The minimum Gasteiger partial charge on any atom is -0.299 e. The predicted octanol–water partition coefficient (Wildman–Crippen LogP) is 6.58. The molecule has 0 aliphatic carbocycles. The summed E-state index contributed by atoms with van der Waals surface area (Å²) in [5.74, 6) is 0. The first-order valence-electron chi connectivity index (χ1n) is 7.82. The van der Waals surface area contributed by atoms with E-state index < -0.39 is 0 Å². The molecule has 24 heavy (non-hydrogen) atoms. The van der Waals surface area contributed by atoms with E-state index in [4.69, 9.17) is 0 Å². The monoisotopic (exact) mass is 354 g/mol. The van der Waals surface area contributed by atoms with Crippen molar-refractivity contribution >= 4 is 29.8 Å². The Labute approximate surface area is 153 Å². The Morgan fingerprint density at radius 1 is 0.792 bits per heavy atom. The second-order valence-electron chi connectivity index (χ2n) is 6.37. The molecule has 0 unspecified atom stereocenters. The van der Waals surface area contributed by atoms with Crippen molar-refractivity contribution in [2.75, 3.05) is 0 Å². The van der Waals surface area contributed by atoms with Crippen molar-refractivity contribution < 1.29 is 4.79 Å². The van der Waals surface area contributed by atoms with Crippen molar-refractivity contribution in [1.82, 2.24) is 0 Å². The number of benzene rings is 2. The molecule has 1 nitrogen and oxygen atoms in total. The second-order valence-corrected chi connectivity index (χ2v) is 8.60. The molecule has 0 heterocycles. The Kier molecular flexibility index (Phi) is 6.95. The predicted molar refractivity (Wildman–Crippen MR) is 106 cm³/mol. The molecule has 2 rings (SSSR count). The number of aldehydes is 1. The Bertz CT molecular complexity index is 711. The number of hydrogen-bond donors (Lipinski definition) is 0. The summed E-state index contributed by atoms with van der Waals surface area (Å²) in [4.78, 5) is 15.6. The first kappa shape index (κ1) is 18.6. The maximum Gasteiger partial charge on any atom is 0.144 e. The molecule has 0 bridgehead atoms. The van der Waals surface area contributed by atoms with Crippen LogP contribution in [0.3, 0.4) is 0 Å². The highest BCUT2D eigenvalue weighted by Crippen LogP contribution is 2.42. The molecular formula is C21H22OS2. The molecule has 0 fully saturated rings. The Morgan fingerprint density at radius 2 is 1.25 bits per heavy atom. The van der Waals surface area contributed by atoms with Gasteiger partial charge in [0.15, 0.2) is 0 Å². The van der Waals surface area contributed by atoms with Crippen LogP contribution < -0.4 is 0 Å². The van der Waals surface area contributed by atoms with E-state index in [0.717, 1.165) is 21.0 Å². The van der Waals surface area contributed by atoms with Crippen molar-refractivity contribution in [1.29, 1.82) is 0 Å². The molecule has 0 aliphatic heterocycles. The lowest BCUT2D eigenvalue weighted by molar-refractivity contribution is -0.104. The quantitative estimate of drug-likeness (QED) is 0.252. The number of carbonyl (C=O) groups is 1. The van der Waals surface area contributed by atoms with Gasteiger partial charge in [0.2, 0.25) is 0 Å². The van der Waals surface area contributed by atoms with E-state index in [0.29, 0.717) is 0 Å². The highest BCUT2D eigenvalue weighted by molar-refractivity contribution is 8.08. The van der Waals surface area contributed by atoms with Crippen molar-refractivity contribution in [2.45, 2.75) is 30.6 Å². The zero-order valence-corrected chi connectivity index (χ0v) is 15.9. The molecule has 2 aromatic carbocycles. The molecule has 0 aromatic heterocycles. The lowest BCUT2D eigenvalue weighted by Crippen LogP contribution is -2.01. The summed E-state index contributed by atoms with van der Waals surface area (Å²) in [6.45, 7) is 6.51. The molecule has 124 valence electrons. The van der Waals surface area contributed by atoms with Gasteiger partial charge in [-0.15, -0.1) is 0 Å². The molecular weight excluding hydrogens is 332 g/mol. The molecule has 0 aliphatic rings. The van der Waals surface area contributed by atoms with Gasteiger partial charge >= 0.3 is 0 Å². The van der Waals surface area contributed by atoms with Crippen molar-refractivity contribution in [3.63, 3.8) is 0 Å². The summed E-state index contributed by atoms with van der Waals surface area (Å²) in [7, 11) is 0. The number of thioether (sulfide) groups is 2. The van der Waals surface area contributed by atoms with Gasteiger partial charge in [-0.3, -0.25) is 4.79 Å². The normalized spacial score (nSPS) is 13.0. The van der Waals surface area contributed by atoms with Crippen LogP contribution in [0.4, 0.5) is 0 Å². The van der Waals surface area contributed by atoms with Gasteiger partial charge in [0.1, 0.15) is 6.29 Å². The smallest absolute Gasteiger partial charge is 0.144 e. The number of allylic oxidation sites excluding steroid dienone is 2. The summed E-state index contributed by atoms with van der Waals surface area (Å²) >= 11 is 3.32. The van der Waals surface area contributed by atoms with Crippen LogP contribution in [-0.4, -0.2) is 6.29 Å². The molecule has 0 saturated carbocycles. The highest BCUT2D eigenvalue weighted by atomic mass is 32.2. The SMILES string of the molecule is CC(C)(C)C=C(Sc1ccccc1)C(=CC=O)Sc1ccccc1. The maximum atomic E-state index is 11.2. The Hall–Kier alpha value is -1.71. The average Bonchev–Trinajstić information content (AvgIpc) is 2.54. The zero-order valence-electron chi connectivity index (χ0n) is 14.2. The lowest BCUT2D eigenvalue weighted by atomic mass is 9.96. The molecule has 0 radical (unpaired) electrons. The van der Waals surface area contributed by atoms with E-state index >= 15 is 0 Å². The van der Waals surface area contributed by atoms with Crippen LogP contribution in [0.25, 0.3) is 0 Å². The fourth-order valence-corrected chi connectivity index (χ4v) is 4.21. The average molecular weight is 355 g/mol. The van der Waals surface area contributed by atoms with E-state index in [-0.39, 0.29) is 5.41 Å². The van der Waals surface area contributed by atoms with Crippen LogP contribution in [-0.2, 0) is 4.79 Å². The third kappa shape index (κ3) is 6.42. The van der Waals surface area contributed by atoms with Gasteiger partial charge in [-0.2, -0.15) is 0 Å². The van der Waals surface area contributed by atoms with Gasteiger partial charge < -0.3 is 0 Å². The van der Waals surface area contributed by atoms with E-state index in [1.165, 1.54) is 4.90 Å². The summed E-state index contributed by atoms with van der Waals surface area (Å²) in [6, 6.07) is 20.4. The first-order valence-corrected chi connectivity index (χ1v) is 9.46. The summed E-state index contributed by atoms with van der Waals surface area (Å²) in [6.07, 6.45) is 4.76. The molecule has 0 amide bonds. The summed E-state index contributed by atoms with van der Waals surface area (Å²) in [5.41, 5.74) is 0.0241. The number of hydrogen-bond acceptors (Lipinski definition) is 3. The molecule has 0 N–H and O–H groups in total. The van der Waals surface area contributed by atoms with Crippen molar-refractivity contribution in [3.05, 3.63) is 82.6 Å². The highest BCUT2D eigenvalue weighted by Gasteiger charge is 2.15. The summed E-state index contributed by atoms with van der Waals surface area (Å²) in [5, 5.41) is 0. The van der Waals surface area contributed by atoms with E-state index in [9.17, 15) is 4.79 Å². The molecule has 0 atom stereocenters. The molecule has 3 heteroatoms. The minimum atomic E-state index is 0.0241. The fourth-order valence-electron chi connectivity index (χ4n) is 2.00. The number of carbonyl (C=O) groups excluding carboxylic acids is 1. The fraction of sp³-hybridized carbons (Fsp3) is 0.190. The molecule has 0 spiro atoms. The van der Waals surface area contributed by atoms with Gasteiger partial charge in [0.05, 0.1) is 0 Å². The van der Waals surface area contributed by atoms with E-state index in [1.807, 2.05) is 36.4 Å². The van der Waals surface area contributed by atoms with Crippen LogP contribution in [0, 0.1) is 5.41 Å². The van der Waals surface area contributed by atoms with Crippen molar-refractivity contribution in [2.24, 2.45) is 5.41 Å². The van der Waals surface area contributed by atoms with Crippen LogP contribution >= 0.6 is 23.5 Å². The van der Waals surface area contributed by atoms with Crippen LogP contribution in [0.15, 0.2) is 92.4 Å². The van der Waals surface area contributed by atoms with Gasteiger partial charge in [0, 0.05) is 19.6 Å². The second kappa shape index (κ2) is 8.95. The maximum absolute atomic E-state index is 11.2. The number of rotatable bonds is 6. The molecule has 2 aromatic rings. The Morgan fingerprint density at radius 3 is 1.67 bits per heavy atom. The third-order valence-electron chi connectivity index (χ3n) is 2.97. The van der Waals surface area contributed by atoms with Gasteiger partial charge in [-0.1, -0.05) is 86.8 Å². The van der Waals surface area contributed by atoms with Crippen LogP contribution in [0.1, 0.15) is 20.8 Å². The van der Waals surface area contributed by atoms with E-state index in [2.05, 4.69) is 51.1 Å². The van der Waals surface area contributed by atoms with Crippen molar-refractivity contribution in [3.8, 4) is 0 Å². The largest absolute Gasteiger partial charge is 0.299 e. The van der Waals surface area contributed by atoms with Crippen LogP contribution in [0.5, 0.6) is 0 Å². The van der Waals surface area contributed by atoms with Gasteiger partial charge in [-0.05, 0) is 35.8 Å².